The van der Waals surface area contributed by atoms with Gasteiger partial charge >= 0.3 is 5.91 Å². The summed E-state index contributed by atoms with van der Waals surface area (Å²) in [7, 11) is 0. The first-order valence-corrected chi connectivity index (χ1v) is 13.2. The van der Waals surface area contributed by atoms with Crippen molar-refractivity contribution in [3.8, 4) is 5.75 Å². The van der Waals surface area contributed by atoms with Gasteiger partial charge in [-0.2, -0.15) is 0 Å². The topological polar surface area (TPSA) is 79.7 Å². The van der Waals surface area contributed by atoms with Crippen LogP contribution in [0.4, 0.5) is 5.13 Å². The van der Waals surface area contributed by atoms with E-state index in [9.17, 15) is 14.7 Å². The smallest absolute Gasteiger partial charge is 0.301 e. The zero-order valence-electron chi connectivity index (χ0n) is 19.8. The molecule has 1 amide bonds. The third-order valence-corrected chi connectivity index (χ3v) is 8.37. The lowest BCUT2D eigenvalue weighted by Gasteiger charge is -2.23. The van der Waals surface area contributed by atoms with Crippen molar-refractivity contribution in [3.63, 3.8) is 0 Å². The normalized spacial score (nSPS) is 20.5. The fraction of sp³-hybridized carbons (Fsp3) is 0.179. The number of aliphatic hydroxyl groups excluding tert-OH is 1. The summed E-state index contributed by atoms with van der Waals surface area (Å²) in [6.45, 7) is 3.94. The highest BCUT2D eigenvalue weighted by Gasteiger charge is 2.48. The zero-order valence-corrected chi connectivity index (χ0v) is 22.1. The third-order valence-electron chi connectivity index (χ3n) is 6.61. The third kappa shape index (κ3) is 3.98. The van der Waals surface area contributed by atoms with Crippen LogP contribution in [0.2, 0.25) is 10.0 Å². The predicted molar refractivity (Wildman–Crippen MR) is 146 cm³/mol. The number of hydrogen-bond acceptors (Lipinski definition) is 6. The monoisotopic (exact) mass is 550 g/mol. The summed E-state index contributed by atoms with van der Waals surface area (Å²) in [5.41, 5.74) is 3.63. The molecular formula is C28H20Cl2N2O4S. The van der Waals surface area contributed by atoms with Crippen molar-refractivity contribution in [3.05, 3.63) is 92.5 Å². The molecule has 0 radical (unpaired) electrons. The number of nitrogens with zero attached hydrogens (tertiary/aromatic N) is 2. The van der Waals surface area contributed by atoms with Crippen LogP contribution < -0.4 is 9.64 Å². The number of benzene rings is 3. The van der Waals surface area contributed by atoms with E-state index in [1.165, 1.54) is 16.2 Å². The molecule has 2 atom stereocenters. The maximum Gasteiger partial charge on any atom is 0.301 e. The van der Waals surface area contributed by atoms with E-state index in [1.54, 1.807) is 36.4 Å². The largest absolute Gasteiger partial charge is 0.507 e. The van der Waals surface area contributed by atoms with Crippen LogP contribution in [0.3, 0.4) is 0 Å². The Labute approximate surface area is 226 Å². The van der Waals surface area contributed by atoms with Gasteiger partial charge in [0.25, 0.3) is 5.78 Å². The van der Waals surface area contributed by atoms with E-state index in [0.717, 1.165) is 21.6 Å². The van der Waals surface area contributed by atoms with E-state index in [1.807, 2.05) is 32.0 Å². The molecule has 0 aliphatic carbocycles. The number of rotatable bonds is 3. The van der Waals surface area contributed by atoms with E-state index < -0.39 is 17.7 Å². The quantitative estimate of drug-likeness (QED) is 0.171. The fourth-order valence-corrected chi connectivity index (χ4v) is 6.27. The van der Waals surface area contributed by atoms with Crippen molar-refractivity contribution in [2.75, 3.05) is 4.90 Å². The molecule has 2 aliphatic rings. The number of ether oxygens (including phenoxy) is 1. The van der Waals surface area contributed by atoms with Gasteiger partial charge in [-0.3, -0.25) is 14.5 Å². The molecule has 9 heteroatoms. The van der Waals surface area contributed by atoms with Crippen LogP contribution >= 0.6 is 34.5 Å². The number of aliphatic hydroxyl groups is 1. The van der Waals surface area contributed by atoms with Gasteiger partial charge in [-0.15, -0.1) is 0 Å². The number of hydrogen-bond donors (Lipinski definition) is 1. The molecule has 6 nitrogen and oxygen atoms in total. The number of aromatic nitrogens is 1. The average Bonchev–Trinajstić information content (AvgIpc) is 3.52. The molecule has 1 N–H and O–H groups in total. The van der Waals surface area contributed by atoms with Crippen LogP contribution in [0.5, 0.6) is 5.75 Å². The Hall–Kier alpha value is -3.39. The highest BCUT2D eigenvalue weighted by atomic mass is 35.5. The van der Waals surface area contributed by atoms with Crippen LogP contribution in [-0.2, 0) is 16.0 Å². The molecule has 1 saturated heterocycles. The van der Waals surface area contributed by atoms with E-state index in [2.05, 4.69) is 4.98 Å². The summed E-state index contributed by atoms with van der Waals surface area (Å²) in [6, 6.07) is 15.0. The van der Waals surface area contributed by atoms with Crippen LogP contribution in [0.1, 0.15) is 35.2 Å². The lowest BCUT2D eigenvalue weighted by molar-refractivity contribution is -0.132. The second kappa shape index (κ2) is 8.87. The number of aryl methyl sites for hydroxylation is 1. The summed E-state index contributed by atoms with van der Waals surface area (Å²) >= 11 is 13.8. The van der Waals surface area contributed by atoms with Gasteiger partial charge in [-0.1, -0.05) is 46.7 Å². The van der Waals surface area contributed by atoms with E-state index >= 15 is 0 Å². The van der Waals surface area contributed by atoms with Crippen molar-refractivity contribution in [1.29, 1.82) is 0 Å². The zero-order chi connectivity index (χ0) is 26.0. The van der Waals surface area contributed by atoms with Gasteiger partial charge < -0.3 is 9.84 Å². The van der Waals surface area contributed by atoms with Crippen LogP contribution in [0.25, 0.3) is 16.0 Å². The highest BCUT2D eigenvalue weighted by molar-refractivity contribution is 7.22. The molecule has 4 aromatic rings. The van der Waals surface area contributed by atoms with Gasteiger partial charge in [-0.05, 0) is 73.0 Å². The Balaban J connectivity index is 1.55. The minimum atomic E-state index is -0.945. The number of carbonyl (C=O) groups is 2. The maximum absolute atomic E-state index is 13.5. The number of ketones is 1. The SMILES string of the molecule is Cc1ccc2nc(N3C(=O)C(=O)/C(=C(/O)c4ccc5c(c4)C[C@H](C)O5)[C@H]3c3ccc(Cl)c(Cl)c3)sc2c1. The van der Waals surface area contributed by atoms with E-state index in [4.69, 9.17) is 27.9 Å². The molecule has 1 fully saturated rings. The minimum absolute atomic E-state index is 0.0249. The maximum atomic E-state index is 13.5. The number of carbonyl (C=O) groups excluding carboxylic acids is 2. The number of halogens is 2. The minimum Gasteiger partial charge on any atom is -0.507 e. The number of fused-ring (bicyclic) bond motifs is 2. The molecule has 0 saturated carbocycles. The molecule has 0 bridgehead atoms. The molecule has 2 aliphatic heterocycles. The first kappa shape index (κ1) is 24.0. The van der Waals surface area contributed by atoms with Gasteiger partial charge in [-0.25, -0.2) is 4.98 Å². The predicted octanol–water partition coefficient (Wildman–Crippen LogP) is 6.86. The molecule has 1 aromatic heterocycles. The van der Waals surface area contributed by atoms with Crippen molar-refractivity contribution < 1.29 is 19.4 Å². The molecule has 0 spiro atoms. The molecule has 186 valence electrons. The van der Waals surface area contributed by atoms with E-state index in [0.29, 0.717) is 33.2 Å². The molecule has 0 unspecified atom stereocenters. The molecule has 6 rings (SSSR count). The second-order valence-electron chi connectivity index (χ2n) is 9.27. The van der Waals surface area contributed by atoms with Crippen LogP contribution in [-0.4, -0.2) is 27.9 Å². The average molecular weight is 551 g/mol. The summed E-state index contributed by atoms with van der Waals surface area (Å²) < 4.78 is 6.66. The Morgan fingerprint density at radius 2 is 1.89 bits per heavy atom. The Morgan fingerprint density at radius 3 is 2.68 bits per heavy atom. The van der Waals surface area contributed by atoms with Crippen molar-refractivity contribution >= 4 is 67.3 Å². The Morgan fingerprint density at radius 1 is 1.08 bits per heavy atom. The van der Waals surface area contributed by atoms with Crippen molar-refractivity contribution in [2.24, 2.45) is 0 Å². The van der Waals surface area contributed by atoms with Crippen molar-refractivity contribution in [2.45, 2.75) is 32.4 Å². The lowest BCUT2D eigenvalue weighted by Crippen LogP contribution is -2.29. The Kier molecular flexibility index (Phi) is 5.75. The van der Waals surface area contributed by atoms with Gasteiger partial charge in [0.05, 0.1) is 31.9 Å². The van der Waals surface area contributed by atoms with Crippen LogP contribution in [0, 0.1) is 6.92 Å². The second-order valence-corrected chi connectivity index (χ2v) is 11.1. The first-order valence-electron chi connectivity index (χ1n) is 11.6. The number of Topliss-reactive ketones (excluding diaryl/α,β-unsaturated/α-hetero) is 1. The van der Waals surface area contributed by atoms with E-state index in [-0.39, 0.29) is 22.5 Å². The molecule has 3 aromatic carbocycles. The number of anilines is 1. The molecular weight excluding hydrogens is 531 g/mol. The number of thiazole rings is 1. The summed E-state index contributed by atoms with van der Waals surface area (Å²) in [4.78, 5) is 32.9. The van der Waals surface area contributed by atoms with Crippen molar-refractivity contribution in [1.82, 2.24) is 4.98 Å². The van der Waals surface area contributed by atoms with Crippen LogP contribution in [0.15, 0.2) is 60.2 Å². The van der Waals surface area contributed by atoms with Gasteiger partial charge in [0.15, 0.2) is 5.13 Å². The Bertz CT molecular complexity index is 1660. The van der Waals surface area contributed by atoms with Gasteiger partial charge in [0.2, 0.25) is 0 Å². The highest BCUT2D eigenvalue weighted by Crippen LogP contribution is 2.45. The standard InChI is InChI=1S/C28H20Cl2N2O4S/c1-13-3-7-20-22(9-13)37-28(31-20)32-24(15-4-6-18(29)19(30)12-15)23(26(34)27(32)35)25(33)16-5-8-21-17(11-16)10-14(2)36-21/h3-9,11-12,14,24,33H,10H2,1-2H3/b25-23+/t14-,24+/m0/s1. The number of amides is 1. The first-order chi connectivity index (χ1) is 17.7. The fourth-order valence-electron chi connectivity index (χ4n) is 4.88. The molecule has 37 heavy (non-hydrogen) atoms. The summed E-state index contributed by atoms with van der Waals surface area (Å²) in [5.74, 6) is -1.09. The summed E-state index contributed by atoms with van der Waals surface area (Å²) in [6.07, 6.45) is 0.712. The lowest BCUT2D eigenvalue weighted by atomic mass is 9.94. The molecule has 3 heterocycles. The van der Waals surface area contributed by atoms with Gasteiger partial charge in [0.1, 0.15) is 17.6 Å². The summed E-state index contributed by atoms with van der Waals surface area (Å²) in [5, 5.41) is 12.4. The van der Waals surface area contributed by atoms with Gasteiger partial charge in [0, 0.05) is 12.0 Å².